The molecule has 94 valence electrons. The van der Waals surface area contributed by atoms with Crippen LogP contribution in [0.3, 0.4) is 0 Å². The van der Waals surface area contributed by atoms with Crippen LogP contribution >= 0.6 is 0 Å². The number of aryl methyl sites for hydroxylation is 1. The minimum atomic E-state index is -0.396. The molecule has 0 amide bonds. The minimum absolute atomic E-state index is 0.213. The van der Waals surface area contributed by atoms with Crippen molar-refractivity contribution in [3.63, 3.8) is 0 Å². The largest absolute Gasteiger partial charge is 0.490 e. The predicted molar refractivity (Wildman–Crippen MR) is 63.1 cm³/mol. The van der Waals surface area contributed by atoms with Crippen molar-refractivity contribution in [3.05, 3.63) is 29.1 Å². The molecule has 1 rings (SSSR count). The fourth-order valence-electron chi connectivity index (χ4n) is 1.40. The summed E-state index contributed by atoms with van der Waals surface area (Å²) < 4.78 is 23.9. The molecule has 0 bridgehead atoms. The highest BCUT2D eigenvalue weighted by atomic mass is 19.1. The van der Waals surface area contributed by atoms with Gasteiger partial charge in [0.05, 0.1) is 12.2 Å². The average molecular weight is 240 g/mol. The Hall–Kier alpha value is -1.42. The van der Waals surface area contributed by atoms with Gasteiger partial charge in [0.1, 0.15) is 18.2 Å². The number of ketones is 1. The van der Waals surface area contributed by atoms with Crippen molar-refractivity contribution in [1.29, 1.82) is 0 Å². The van der Waals surface area contributed by atoms with Gasteiger partial charge in [-0.15, -0.1) is 0 Å². The molecule has 0 atom stereocenters. The topological polar surface area (TPSA) is 35.5 Å². The Balaban J connectivity index is 2.81. The maximum Gasteiger partial charge on any atom is 0.163 e. The first kappa shape index (κ1) is 13.6. The summed E-state index contributed by atoms with van der Waals surface area (Å²) in [5.74, 6) is -0.196. The van der Waals surface area contributed by atoms with Crippen molar-refractivity contribution in [1.82, 2.24) is 0 Å². The molecule has 0 unspecified atom stereocenters. The van der Waals surface area contributed by atoms with Gasteiger partial charge in [-0.25, -0.2) is 4.39 Å². The lowest BCUT2D eigenvalue weighted by Gasteiger charge is -2.11. The van der Waals surface area contributed by atoms with E-state index in [1.165, 1.54) is 19.1 Å². The lowest BCUT2D eigenvalue weighted by molar-refractivity contribution is 0.0989. The number of rotatable bonds is 6. The molecule has 1 aromatic rings. The summed E-state index contributed by atoms with van der Waals surface area (Å²) in [6.45, 7) is 6.33. The quantitative estimate of drug-likeness (QED) is 0.566. The zero-order valence-electron chi connectivity index (χ0n) is 10.4. The number of hydrogen-bond donors (Lipinski definition) is 0. The normalized spacial score (nSPS) is 10.4. The van der Waals surface area contributed by atoms with E-state index >= 15 is 0 Å². The maximum atomic E-state index is 13.3. The second kappa shape index (κ2) is 6.35. The molecule has 0 N–H and O–H groups in total. The van der Waals surface area contributed by atoms with Crippen LogP contribution in [0.4, 0.5) is 4.39 Å². The minimum Gasteiger partial charge on any atom is -0.490 e. The van der Waals surface area contributed by atoms with E-state index in [1.54, 1.807) is 6.92 Å². The van der Waals surface area contributed by atoms with Gasteiger partial charge in [-0.1, -0.05) is 0 Å². The van der Waals surface area contributed by atoms with E-state index in [4.69, 9.17) is 9.47 Å². The monoisotopic (exact) mass is 240 g/mol. The van der Waals surface area contributed by atoms with E-state index in [9.17, 15) is 9.18 Å². The lowest BCUT2D eigenvalue weighted by atomic mass is 10.1. The van der Waals surface area contributed by atoms with E-state index < -0.39 is 5.82 Å². The third-order valence-corrected chi connectivity index (χ3v) is 2.33. The highest BCUT2D eigenvalue weighted by molar-refractivity contribution is 5.96. The first-order valence-electron chi connectivity index (χ1n) is 5.58. The van der Waals surface area contributed by atoms with Crippen molar-refractivity contribution >= 4 is 5.78 Å². The second-order valence-electron chi connectivity index (χ2n) is 3.70. The highest BCUT2D eigenvalue weighted by Crippen LogP contribution is 2.23. The summed E-state index contributed by atoms with van der Waals surface area (Å²) in [6, 6.07) is 2.76. The molecular weight excluding hydrogens is 223 g/mol. The van der Waals surface area contributed by atoms with Crippen molar-refractivity contribution in [2.45, 2.75) is 20.8 Å². The molecule has 17 heavy (non-hydrogen) atoms. The fourth-order valence-corrected chi connectivity index (χ4v) is 1.40. The Morgan fingerprint density at radius 1 is 1.35 bits per heavy atom. The van der Waals surface area contributed by atoms with Gasteiger partial charge in [0.25, 0.3) is 0 Å². The standard InChI is InChI=1S/C13H17FO3/c1-4-16-5-6-17-13-7-9(2)12(14)8-11(13)10(3)15/h7-8H,4-6H2,1-3H3. The zero-order valence-corrected chi connectivity index (χ0v) is 10.4. The van der Waals surface area contributed by atoms with Crippen molar-refractivity contribution in [3.8, 4) is 5.75 Å². The van der Waals surface area contributed by atoms with Crippen LogP contribution in [0.5, 0.6) is 5.75 Å². The summed E-state index contributed by atoms with van der Waals surface area (Å²) in [5.41, 5.74) is 0.728. The van der Waals surface area contributed by atoms with E-state index in [1.807, 2.05) is 6.92 Å². The molecule has 0 aromatic heterocycles. The van der Waals surface area contributed by atoms with Crippen molar-refractivity contribution in [2.75, 3.05) is 19.8 Å². The van der Waals surface area contributed by atoms with Crippen LogP contribution in [0, 0.1) is 12.7 Å². The zero-order chi connectivity index (χ0) is 12.8. The summed E-state index contributed by atoms with van der Waals surface area (Å²) in [5, 5.41) is 0. The second-order valence-corrected chi connectivity index (χ2v) is 3.70. The first-order chi connectivity index (χ1) is 8.06. The fraction of sp³-hybridized carbons (Fsp3) is 0.462. The molecule has 0 aliphatic rings. The highest BCUT2D eigenvalue weighted by Gasteiger charge is 2.12. The van der Waals surface area contributed by atoms with Gasteiger partial charge in [-0.2, -0.15) is 0 Å². The van der Waals surface area contributed by atoms with Crippen LogP contribution in [0.1, 0.15) is 29.8 Å². The number of carbonyl (C=O) groups is 1. The molecular formula is C13H17FO3. The molecule has 3 nitrogen and oxygen atoms in total. The molecule has 1 aromatic carbocycles. The van der Waals surface area contributed by atoms with Gasteiger partial charge in [0, 0.05) is 6.61 Å². The Bertz CT molecular complexity index is 402. The van der Waals surface area contributed by atoms with Gasteiger partial charge in [0.15, 0.2) is 5.78 Å². The lowest BCUT2D eigenvalue weighted by Crippen LogP contribution is -2.09. The molecule has 4 heteroatoms. The first-order valence-corrected chi connectivity index (χ1v) is 5.58. The number of benzene rings is 1. The Kier molecular flexibility index (Phi) is 5.10. The molecule has 0 aliphatic heterocycles. The summed E-state index contributed by atoms with van der Waals surface area (Å²) >= 11 is 0. The molecule has 0 heterocycles. The Morgan fingerprint density at radius 3 is 2.65 bits per heavy atom. The van der Waals surface area contributed by atoms with Crippen LogP contribution < -0.4 is 4.74 Å². The van der Waals surface area contributed by atoms with Crippen LogP contribution in [-0.4, -0.2) is 25.6 Å². The number of hydrogen-bond acceptors (Lipinski definition) is 3. The van der Waals surface area contributed by atoms with Crippen molar-refractivity contribution < 1.29 is 18.7 Å². The smallest absolute Gasteiger partial charge is 0.163 e. The van der Waals surface area contributed by atoms with Gasteiger partial charge in [-0.05, 0) is 38.5 Å². The van der Waals surface area contributed by atoms with E-state index in [0.717, 1.165) is 0 Å². The number of ether oxygens (including phenoxy) is 2. The number of halogens is 1. The maximum absolute atomic E-state index is 13.3. The average Bonchev–Trinajstić information content (AvgIpc) is 2.28. The van der Waals surface area contributed by atoms with Gasteiger partial charge in [0.2, 0.25) is 0 Å². The van der Waals surface area contributed by atoms with E-state index in [0.29, 0.717) is 31.1 Å². The summed E-state index contributed by atoms with van der Waals surface area (Å²) in [7, 11) is 0. The third kappa shape index (κ3) is 3.82. The SMILES string of the molecule is CCOCCOc1cc(C)c(F)cc1C(C)=O. The van der Waals surface area contributed by atoms with Crippen LogP contribution in [-0.2, 0) is 4.74 Å². The van der Waals surface area contributed by atoms with Gasteiger partial charge in [-0.3, -0.25) is 4.79 Å². The number of carbonyl (C=O) groups excluding carboxylic acids is 1. The molecule has 0 aliphatic carbocycles. The number of Topliss-reactive ketones (excluding diaryl/α,β-unsaturated/α-hetero) is 1. The van der Waals surface area contributed by atoms with E-state index in [-0.39, 0.29) is 11.3 Å². The van der Waals surface area contributed by atoms with Gasteiger partial charge >= 0.3 is 0 Å². The van der Waals surface area contributed by atoms with Crippen LogP contribution in [0.25, 0.3) is 0 Å². The summed E-state index contributed by atoms with van der Waals surface area (Å²) in [6.07, 6.45) is 0. The molecule has 0 saturated heterocycles. The Labute approximate surface area is 101 Å². The predicted octanol–water partition coefficient (Wildman–Crippen LogP) is 2.75. The summed E-state index contributed by atoms with van der Waals surface area (Å²) in [4.78, 5) is 11.3. The molecule has 0 spiro atoms. The van der Waals surface area contributed by atoms with Crippen LogP contribution in [0.2, 0.25) is 0 Å². The van der Waals surface area contributed by atoms with Gasteiger partial charge < -0.3 is 9.47 Å². The molecule has 0 radical (unpaired) electrons. The molecule has 0 fully saturated rings. The van der Waals surface area contributed by atoms with E-state index in [2.05, 4.69) is 0 Å². The molecule has 0 saturated carbocycles. The Morgan fingerprint density at radius 2 is 2.06 bits per heavy atom. The third-order valence-electron chi connectivity index (χ3n) is 2.33. The van der Waals surface area contributed by atoms with Crippen molar-refractivity contribution in [2.24, 2.45) is 0 Å². The van der Waals surface area contributed by atoms with Crippen LogP contribution in [0.15, 0.2) is 12.1 Å².